The van der Waals surface area contributed by atoms with Gasteiger partial charge in [-0.15, -0.1) is 0 Å². The summed E-state index contributed by atoms with van der Waals surface area (Å²) in [6.45, 7) is 6.83. The van der Waals surface area contributed by atoms with Crippen LogP contribution in [0.25, 0.3) is 0 Å². The van der Waals surface area contributed by atoms with Crippen LogP contribution in [-0.2, 0) is 11.3 Å². The van der Waals surface area contributed by atoms with Crippen molar-refractivity contribution >= 4 is 6.09 Å². The molecule has 23 heavy (non-hydrogen) atoms. The van der Waals surface area contributed by atoms with Crippen molar-refractivity contribution in [2.24, 2.45) is 5.41 Å². The van der Waals surface area contributed by atoms with Gasteiger partial charge in [-0.05, 0) is 24.8 Å². The molecular weight excluding hydrogens is 304 g/mol. The fraction of sp³-hybridized carbons (Fsp3) is 0.588. The fourth-order valence-corrected chi connectivity index (χ4v) is 1.98. The lowest BCUT2D eigenvalue weighted by Crippen LogP contribution is -2.63. The van der Waals surface area contributed by atoms with E-state index in [2.05, 4.69) is 5.32 Å². The number of nitrogens with one attached hydrogen (secondary N) is 1. The minimum Gasteiger partial charge on any atom is -0.445 e. The maximum absolute atomic E-state index is 14.5. The molecule has 1 amide bonds. The summed E-state index contributed by atoms with van der Waals surface area (Å²) in [5, 5.41) is 12.1. The Morgan fingerprint density at radius 2 is 1.70 bits per heavy atom. The van der Waals surface area contributed by atoms with E-state index in [1.807, 2.05) is 6.07 Å². The number of halogens is 2. The number of alkyl halides is 2. The van der Waals surface area contributed by atoms with Gasteiger partial charge in [-0.3, -0.25) is 0 Å². The van der Waals surface area contributed by atoms with Crippen LogP contribution >= 0.6 is 0 Å². The molecule has 0 fully saturated rings. The summed E-state index contributed by atoms with van der Waals surface area (Å²) in [5.41, 5.74) is -2.24. The van der Waals surface area contributed by atoms with Crippen molar-refractivity contribution in [2.75, 3.05) is 0 Å². The molecule has 130 valence electrons. The minimum absolute atomic E-state index is 0.0177. The van der Waals surface area contributed by atoms with Crippen molar-refractivity contribution in [3.05, 3.63) is 35.9 Å². The Balaban J connectivity index is 2.71. The molecule has 0 saturated heterocycles. The average Bonchev–Trinajstić information content (AvgIpc) is 2.43. The average molecular weight is 329 g/mol. The van der Waals surface area contributed by atoms with Gasteiger partial charge in [-0.2, -0.15) is 0 Å². The molecule has 0 aliphatic carbocycles. The van der Waals surface area contributed by atoms with E-state index in [-0.39, 0.29) is 6.61 Å². The number of alkyl carbamates (subject to hydrolysis) is 1. The van der Waals surface area contributed by atoms with Gasteiger partial charge >= 0.3 is 6.09 Å². The SMILES string of the molecule is CC(C)(C)C(O)C(F)(F)C(C)(C)NC(=O)OCc1ccccc1. The molecule has 1 aromatic carbocycles. The molecule has 0 radical (unpaired) electrons. The summed E-state index contributed by atoms with van der Waals surface area (Å²) < 4.78 is 33.9. The third kappa shape index (κ3) is 4.89. The van der Waals surface area contributed by atoms with Crippen LogP contribution in [0.1, 0.15) is 40.2 Å². The molecule has 1 unspecified atom stereocenters. The quantitative estimate of drug-likeness (QED) is 0.865. The third-order valence-electron chi connectivity index (χ3n) is 3.62. The molecule has 4 nitrogen and oxygen atoms in total. The Hall–Kier alpha value is -1.69. The number of carbonyl (C=O) groups is 1. The summed E-state index contributed by atoms with van der Waals surface area (Å²) in [6.07, 6.45) is -2.88. The monoisotopic (exact) mass is 329 g/mol. The number of hydrogen-bond donors (Lipinski definition) is 2. The molecule has 1 aromatic rings. The number of aliphatic hydroxyl groups is 1. The van der Waals surface area contributed by atoms with Crippen LogP contribution in [0, 0.1) is 5.41 Å². The maximum Gasteiger partial charge on any atom is 0.408 e. The van der Waals surface area contributed by atoms with Crippen molar-refractivity contribution in [3.63, 3.8) is 0 Å². The second-order valence-electron chi connectivity index (χ2n) is 7.20. The molecule has 6 heteroatoms. The van der Waals surface area contributed by atoms with E-state index in [0.29, 0.717) is 0 Å². The number of benzene rings is 1. The summed E-state index contributed by atoms with van der Waals surface area (Å²) in [7, 11) is 0. The van der Waals surface area contributed by atoms with Crippen LogP contribution < -0.4 is 5.32 Å². The van der Waals surface area contributed by atoms with Crippen LogP contribution in [0.15, 0.2) is 30.3 Å². The Bertz CT molecular complexity index is 524. The van der Waals surface area contributed by atoms with Crippen molar-refractivity contribution in [1.82, 2.24) is 5.32 Å². The van der Waals surface area contributed by atoms with Crippen molar-refractivity contribution in [1.29, 1.82) is 0 Å². The lowest BCUT2D eigenvalue weighted by Gasteiger charge is -2.41. The van der Waals surface area contributed by atoms with Gasteiger partial charge in [0.15, 0.2) is 0 Å². The molecule has 0 saturated carbocycles. The molecule has 0 bridgehead atoms. The summed E-state index contributed by atoms with van der Waals surface area (Å²) in [4.78, 5) is 11.8. The van der Waals surface area contributed by atoms with E-state index in [1.54, 1.807) is 24.3 Å². The van der Waals surface area contributed by atoms with Crippen LogP contribution in [0.5, 0.6) is 0 Å². The molecule has 0 heterocycles. The largest absolute Gasteiger partial charge is 0.445 e. The molecular formula is C17H25F2NO3. The van der Waals surface area contributed by atoms with Crippen molar-refractivity contribution in [2.45, 2.75) is 58.8 Å². The van der Waals surface area contributed by atoms with Crippen LogP contribution in [-0.4, -0.2) is 28.8 Å². The van der Waals surface area contributed by atoms with E-state index in [0.717, 1.165) is 19.4 Å². The molecule has 2 N–H and O–H groups in total. The Kier molecular flexibility index (Phi) is 5.74. The van der Waals surface area contributed by atoms with Crippen LogP contribution in [0.2, 0.25) is 0 Å². The number of ether oxygens (including phenoxy) is 1. The zero-order valence-electron chi connectivity index (χ0n) is 14.2. The summed E-state index contributed by atoms with van der Waals surface area (Å²) >= 11 is 0. The van der Waals surface area contributed by atoms with Gasteiger partial charge in [0.25, 0.3) is 5.92 Å². The highest BCUT2D eigenvalue weighted by Crippen LogP contribution is 2.39. The van der Waals surface area contributed by atoms with Crippen molar-refractivity contribution < 1.29 is 23.4 Å². The molecule has 1 atom stereocenters. The zero-order chi connectivity index (χ0) is 17.9. The zero-order valence-corrected chi connectivity index (χ0v) is 14.2. The van der Waals surface area contributed by atoms with Gasteiger partial charge in [0.05, 0.1) is 0 Å². The molecule has 0 aliphatic rings. The predicted molar refractivity (Wildman–Crippen MR) is 84.3 cm³/mol. The standard InChI is InChI=1S/C17H25F2NO3/c1-15(2,3)13(21)17(18,19)16(4,5)20-14(22)23-11-12-9-7-6-8-10-12/h6-10,13,21H,11H2,1-5H3,(H,20,22). The van der Waals surface area contributed by atoms with E-state index >= 15 is 0 Å². The second kappa shape index (κ2) is 6.83. The van der Waals surface area contributed by atoms with Crippen LogP contribution in [0.4, 0.5) is 13.6 Å². The minimum atomic E-state index is -3.53. The Labute approximate surface area is 135 Å². The smallest absolute Gasteiger partial charge is 0.408 e. The van der Waals surface area contributed by atoms with Crippen LogP contribution in [0.3, 0.4) is 0 Å². The van der Waals surface area contributed by atoms with Gasteiger partial charge in [0.1, 0.15) is 18.2 Å². The van der Waals surface area contributed by atoms with E-state index < -0.39 is 29.1 Å². The molecule has 0 spiro atoms. The summed E-state index contributed by atoms with van der Waals surface area (Å²) in [6, 6.07) is 8.91. The fourth-order valence-electron chi connectivity index (χ4n) is 1.98. The van der Waals surface area contributed by atoms with E-state index in [4.69, 9.17) is 4.74 Å². The first kappa shape index (κ1) is 19.4. The first-order chi connectivity index (χ1) is 10.4. The lowest BCUT2D eigenvalue weighted by atomic mass is 9.78. The molecule has 1 rings (SSSR count). The highest BCUT2D eigenvalue weighted by molar-refractivity contribution is 5.68. The highest BCUT2D eigenvalue weighted by Gasteiger charge is 2.56. The number of carbonyl (C=O) groups excluding carboxylic acids is 1. The molecule has 0 aliphatic heterocycles. The number of amides is 1. The van der Waals surface area contributed by atoms with Crippen molar-refractivity contribution in [3.8, 4) is 0 Å². The first-order valence-corrected chi connectivity index (χ1v) is 7.42. The Morgan fingerprint density at radius 1 is 1.17 bits per heavy atom. The second-order valence-corrected chi connectivity index (χ2v) is 7.20. The normalized spacial score (nSPS) is 14.3. The van der Waals surface area contributed by atoms with E-state index in [9.17, 15) is 18.7 Å². The number of hydrogen-bond acceptors (Lipinski definition) is 3. The first-order valence-electron chi connectivity index (χ1n) is 7.42. The third-order valence-corrected chi connectivity index (χ3v) is 3.62. The number of rotatable bonds is 5. The summed E-state index contributed by atoms with van der Waals surface area (Å²) in [5.74, 6) is -3.53. The van der Waals surface area contributed by atoms with Gasteiger partial charge in [-0.25, -0.2) is 13.6 Å². The molecule has 0 aromatic heterocycles. The Morgan fingerprint density at radius 3 is 2.17 bits per heavy atom. The van der Waals surface area contributed by atoms with Gasteiger partial charge in [-0.1, -0.05) is 51.1 Å². The van der Waals surface area contributed by atoms with E-state index in [1.165, 1.54) is 20.8 Å². The lowest BCUT2D eigenvalue weighted by molar-refractivity contribution is -0.188. The predicted octanol–water partition coefficient (Wildman–Crippen LogP) is 3.73. The van der Waals surface area contributed by atoms with Gasteiger partial charge in [0.2, 0.25) is 0 Å². The topological polar surface area (TPSA) is 58.6 Å². The van der Waals surface area contributed by atoms with Gasteiger partial charge < -0.3 is 15.2 Å². The highest BCUT2D eigenvalue weighted by atomic mass is 19.3. The maximum atomic E-state index is 14.5. The number of aliphatic hydroxyl groups excluding tert-OH is 1. The van der Waals surface area contributed by atoms with Gasteiger partial charge in [0, 0.05) is 0 Å².